The molecule has 1 unspecified atom stereocenters. The van der Waals surface area contributed by atoms with Crippen LogP contribution >= 0.6 is 11.8 Å². The smallest absolute Gasteiger partial charge is 0.218 e. The number of nitrogens with two attached hydrogens (primary N) is 1. The van der Waals surface area contributed by atoms with E-state index < -0.39 is 0 Å². The summed E-state index contributed by atoms with van der Waals surface area (Å²) in [5.74, 6) is 0.281. The lowest BCUT2D eigenvalue weighted by Crippen LogP contribution is -2.15. The Hall–Kier alpha value is -0.260. The number of carbonyl (C=O) groups excluding carboxylic acids is 1. The highest BCUT2D eigenvalue weighted by Gasteiger charge is 2.07. The SMILES string of the molecule is NC(=O)CCSC(CO)CCO. The molecule has 0 aliphatic rings. The van der Waals surface area contributed by atoms with Gasteiger partial charge in [-0.3, -0.25) is 4.79 Å². The van der Waals surface area contributed by atoms with E-state index in [1.807, 2.05) is 0 Å². The molecule has 72 valence electrons. The quantitative estimate of drug-likeness (QED) is 0.501. The maximum Gasteiger partial charge on any atom is 0.218 e. The third kappa shape index (κ3) is 6.45. The lowest BCUT2D eigenvalue weighted by atomic mass is 10.3. The minimum atomic E-state index is -0.330. The van der Waals surface area contributed by atoms with Crippen LogP contribution in [0.5, 0.6) is 0 Å². The van der Waals surface area contributed by atoms with Crippen molar-refractivity contribution in [2.75, 3.05) is 19.0 Å². The van der Waals surface area contributed by atoms with Gasteiger partial charge in [-0.15, -0.1) is 0 Å². The number of aliphatic hydroxyl groups is 2. The number of amides is 1. The molecule has 4 N–H and O–H groups in total. The lowest BCUT2D eigenvalue weighted by molar-refractivity contribution is -0.117. The predicted octanol–water partition coefficient (Wildman–Crippen LogP) is -0.662. The number of thioether (sulfide) groups is 1. The summed E-state index contributed by atoms with van der Waals surface area (Å²) in [6.45, 7) is 0.0960. The number of aliphatic hydroxyl groups excluding tert-OH is 2. The summed E-state index contributed by atoms with van der Waals surface area (Å²) >= 11 is 1.46. The Morgan fingerprint density at radius 2 is 2.17 bits per heavy atom. The van der Waals surface area contributed by atoms with E-state index >= 15 is 0 Å². The fourth-order valence-corrected chi connectivity index (χ4v) is 1.73. The van der Waals surface area contributed by atoms with E-state index in [9.17, 15) is 4.79 Å². The molecule has 0 aromatic rings. The first kappa shape index (κ1) is 11.7. The van der Waals surface area contributed by atoms with E-state index in [2.05, 4.69) is 0 Å². The van der Waals surface area contributed by atoms with Crippen LogP contribution in [0.15, 0.2) is 0 Å². The van der Waals surface area contributed by atoms with Crippen LogP contribution in [0, 0.1) is 0 Å². The molecule has 0 bridgehead atoms. The lowest BCUT2D eigenvalue weighted by Gasteiger charge is -2.10. The molecule has 1 atom stereocenters. The average molecular weight is 193 g/mol. The second-order valence-electron chi connectivity index (χ2n) is 2.40. The zero-order valence-electron chi connectivity index (χ0n) is 6.90. The molecule has 0 aliphatic heterocycles. The van der Waals surface area contributed by atoms with Crippen molar-refractivity contribution >= 4 is 17.7 Å². The summed E-state index contributed by atoms with van der Waals surface area (Å²) < 4.78 is 0. The number of hydrogen-bond donors (Lipinski definition) is 3. The number of rotatable bonds is 7. The number of carbonyl (C=O) groups is 1. The second kappa shape index (κ2) is 7.39. The van der Waals surface area contributed by atoms with E-state index in [4.69, 9.17) is 15.9 Å². The van der Waals surface area contributed by atoms with Crippen molar-refractivity contribution in [3.8, 4) is 0 Å². The van der Waals surface area contributed by atoms with Crippen LogP contribution in [0.2, 0.25) is 0 Å². The van der Waals surface area contributed by atoms with E-state index in [0.29, 0.717) is 18.6 Å². The van der Waals surface area contributed by atoms with Crippen LogP contribution in [0.1, 0.15) is 12.8 Å². The van der Waals surface area contributed by atoms with Gasteiger partial charge in [0.15, 0.2) is 0 Å². The monoisotopic (exact) mass is 193 g/mol. The Morgan fingerprint density at radius 3 is 2.58 bits per heavy atom. The molecule has 0 saturated heterocycles. The van der Waals surface area contributed by atoms with Crippen molar-refractivity contribution in [1.82, 2.24) is 0 Å². The summed E-state index contributed by atoms with van der Waals surface area (Å²) in [5, 5.41) is 17.4. The van der Waals surface area contributed by atoms with Crippen molar-refractivity contribution < 1.29 is 15.0 Å². The van der Waals surface area contributed by atoms with Crippen LogP contribution in [0.3, 0.4) is 0 Å². The normalized spacial score (nSPS) is 12.8. The van der Waals surface area contributed by atoms with Gasteiger partial charge in [0.25, 0.3) is 0 Å². The van der Waals surface area contributed by atoms with Crippen molar-refractivity contribution in [1.29, 1.82) is 0 Å². The largest absolute Gasteiger partial charge is 0.396 e. The molecule has 0 rings (SSSR count). The van der Waals surface area contributed by atoms with Gasteiger partial charge >= 0.3 is 0 Å². The third-order valence-corrected chi connectivity index (χ3v) is 2.65. The fourth-order valence-electron chi connectivity index (χ4n) is 0.698. The molecule has 5 heteroatoms. The van der Waals surface area contributed by atoms with Gasteiger partial charge in [-0.05, 0) is 6.42 Å². The minimum Gasteiger partial charge on any atom is -0.396 e. The first-order valence-electron chi connectivity index (χ1n) is 3.82. The van der Waals surface area contributed by atoms with Gasteiger partial charge in [0, 0.05) is 24.0 Å². The Labute approximate surface area is 76.1 Å². The molecule has 0 aliphatic carbocycles. The molecule has 4 nitrogen and oxygen atoms in total. The van der Waals surface area contributed by atoms with Crippen molar-refractivity contribution in [2.45, 2.75) is 18.1 Å². The van der Waals surface area contributed by atoms with Crippen LogP contribution in [-0.4, -0.2) is 40.3 Å². The van der Waals surface area contributed by atoms with E-state index in [0.717, 1.165) is 0 Å². The van der Waals surface area contributed by atoms with Crippen LogP contribution < -0.4 is 5.73 Å². The molecule has 0 aromatic carbocycles. The third-order valence-electron chi connectivity index (χ3n) is 1.36. The summed E-state index contributed by atoms with van der Waals surface area (Å²) in [7, 11) is 0. The Kier molecular flexibility index (Phi) is 7.23. The van der Waals surface area contributed by atoms with Gasteiger partial charge in [-0.1, -0.05) is 0 Å². The first-order valence-corrected chi connectivity index (χ1v) is 4.87. The molecule has 0 saturated carbocycles. The molecule has 1 amide bonds. The zero-order chi connectivity index (χ0) is 9.40. The second-order valence-corrected chi connectivity index (χ2v) is 3.81. The molecule has 0 radical (unpaired) electrons. The standard InChI is InChI=1S/C7H15NO3S/c8-7(11)2-4-12-6(5-10)1-3-9/h6,9-10H,1-5H2,(H2,8,11). The Balaban J connectivity index is 3.37. The maximum atomic E-state index is 10.3. The summed E-state index contributed by atoms with van der Waals surface area (Å²) in [5.41, 5.74) is 4.93. The van der Waals surface area contributed by atoms with E-state index in [1.54, 1.807) is 0 Å². The topological polar surface area (TPSA) is 83.6 Å². The van der Waals surface area contributed by atoms with Gasteiger partial charge in [0.05, 0.1) is 6.61 Å². The summed E-state index contributed by atoms with van der Waals surface area (Å²) in [4.78, 5) is 10.3. The first-order chi connectivity index (χ1) is 5.70. The molecular weight excluding hydrogens is 178 g/mol. The Bertz CT molecular complexity index is 132. The van der Waals surface area contributed by atoms with Gasteiger partial charge in [0.1, 0.15) is 0 Å². The fraction of sp³-hybridized carbons (Fsp3) is 0.857. The number of hydrogen-bond acceptors (Lipinski definition) is 4. The summed E-state index contributed by atoms with van der Waals surface area (Å²) in [6.07, 6.45) is 0.881. The predicted molar refractivity (Wildman–Crippen MR) is 48.8 cm³/mol. The summed E-state index contributed by atoms with van der Waals surface area (Å²) in [6, 6.07) is 0. The molecular formula is C7H15NO3S. The van der Waals surface area contributed by atoms with Gasteiger partial charge in [0.2, 0.25) is 5.91 Å². The zero-order valence-corrected chi connectivity index (χ0v) is 7.72. The molecule has 0 fully saturated rings. The highest BCUT2D eigenvalue weighted by molar-refractivity contribution is 7.99. The minimum absolute atomic E-state index is 0.0225. The van der Waals surface area contributed by atoms with E-state index in [-0.39, 0.29) is 24.4 Å². The molecule has 12 heavy (non-hydrogen) atoms. The Morgan fingerprint density at radius 1 is 1.50 bits per heavy atom. The van der Waals surface area contributed by atoms with E-state index in [1.165, 1.54) is 11.8 Å². The van der Waals surface area contributed by atoms with Gasteiger partial charge in [-0.2, -0.15) is 11.8 Å². The maximum absolute atomic E-state index is 10.3. The average Bonchev–Trinajstić information content (AvgIpc) is 2.02. The molecule has 0 aromatic heterocycles. The van der Waals surface area contributed by atoms with Gasteiger partial charge in [-0.25, -0.2) is 0 Å². The van der Waals surface area contributed by atoms with Crippen molar-refractivity contribution in [3.05, 3.63) is 0 Å². The van der Waals surface area contributed by atoms with Crippen molar-refractivity contribution in [3.63, 3.8) is 0 Å². The molecule has 0 spiro atoms. The van der Waals surface area contributed by atoms with Gasteiger partial charge < -0.3 is 15.9 Å². The van der Waals surface area contributed by atoms with Crippen molar-refractivity contribution in [2.24, 2.45) is 5.73 Å². The highest BCUT2D eigenvalue weighted by Crippen LogP contribution is 2.14. The highest BCUT2D eigenvalue weighted by atomic mass is 32.2. The number of primary amides is 1. The van der Waals surface area contributed by atoms with Crippen LogP contribution in [0.25, 0.3) is 0 Å². The molecule has 0 heterocycles. The van der Waals surface area contributed by atoms with Crippen LogP contribution in [0.4, 0.5) is 0 Å². The van der Waals surface area contributed by atoms with Crippen LogP contribution in [-0.2, 0) is 4.79 Å².